The fraction of sp³-hybridized carbons (Fsp3) is 0.222. The lowest BCUT2D eigenvalue weighted by Crippen LogP contribution is -2.19. The molecule has 2 aromatic carbocycles. The Morgan fingerprint density at radius 1 is 0.783 bits per heavy atom. The van der Waals surface area contributed by atoms with Crippen LogP contribution in [0.1, 0.15) is 26.2 Å². The normalized spacial score (nSPS) is 9.96. The third kappa shape index (κ3) is 5.82. The minimum atomic E-state index is -0.309. The van der Waals surface area contributed by atoms with E-state index in [9.17, 15) is 9.59 Å². The number of unbranched alkanes of at least 4 members (excludes halogenated alkanes) is 1. The molecule has 0 aliphatic rings. The molecule has 0 bridgehead atoms. The van der Waals surface area contributed by atoms with Crippen LogP contribution in [0.15, 0.2) is 54.6 Å². The van der Waals surface area contributed by atoms with E-state index in [0.29, 0.717) is 12.1 Å². The molecule has 0 aliphatic heterocycles. The molecule has 0 atom stereocenters. The van der Waals surface area contributed by atoms with Gasteiger partial charge >= 0.3 is 6.03 Å². The zero-order valence-corrected chi connectivity index (χ0v) is 13.1. The maximum Gasteiger partial charge on any atom is 0.323 e. The third-order valence-corrected chi connectivity index (χ3v) is 3.22. The van der Waals surface area contributed by atoms with Crippen LogP contribution in [0.2, 0.25) is 0 Å². The van der Waals surface area contributed by atoms with Crippen molar-refractivity contribution in [3.05, 3.63) is 54.6 Å². The molecule has 0 saturated heterocycles. The minimum Gasteiger partial charge on any atom is -0.326 e. The number of anilines is 3. The van der Waals surface area contributed by atoms with Crippen molar-refractivity contribution in [2.75, 3.05) is 16.0 Å². The Morgan fingerprint density at radius 2 is 1.30 bits per heavy atom. The fourth-order valence-electron chi connectivity index (χ4n) is 2.01. The highest BCUT2D eigenvalue weighted by Crippen LogP contribution is 2.15. The average molecular weight is 311 g/mol. The second-order valence-corrected chi connectivity index (χ2v) is 5.17. The molecule has 3 amide bonds. The number of para-hydroxylation sites is 1. The summed E-state index contributed by atoms with van der Waals surface area (Å²) in [6.45, 7) is 2.05. The first-order valence-corrected chi connectivity index (χ1v) is 7.70. The number of carbonyl (C=O) groups excluding carboxylic acids is 2. The summed E-state index contributed by atoms with van der Waals surface area (Å²) in [6.07, 6.45) is 2.40. The predicted molar refractivity (Wildman–Crippen MR) is 93.7 cm³/mol. The van der Waals surface area contributed by atoms with Gasteiger partial charge < -0.3 is 16.0 Å². The van der Waals surface area contributed by atoms with Crippen LogP contribution in [0.5, 0.6) is 0 Å². The molecule has 2 rings (SSSR count). The van der Waals surface area contributed by atoms with Gasteiger partial charge in [0, 0.05) is 23.5 Å². The van der Waals surface area contributed by atoms with Crippen LogP contribution in [0.4, 0.5) is 21.9 Å². The molecule has 0 heterocycles. The van der Waals surface area contributed by atoms with Crippen molar-refractivity contribution in [2.45, 2.75) is 26.2 Å². The topological polar surface area (TPSA) is 70.2 Å². The summed E-state index contributed by atoms with van der Waals surface area (Å²) in [4.78, 5) is 23.5. The van der Waals surface area contributed by atoms with Crippen molar-refractivity contribution in [1.82, 2.24) is 0 Å². The molecule has 0 spiro atoms. The van der Waals surface area contributed by atoms with Crippen LogP contribution in [0.25, 0.3) is 0 Å². The number of hydrogen-bond acceptors (Lipinski definition) is 2. The fourth-order valence-corrected chi connectivity index (χ4v) is 2.01. The van der Waals surface area contributed by atoms with E-state index in [2.05, 4.69) is 16.0 Å². The highest BCUT2D eigenvalue weighted by atomic mass is 16.2. The quantitative estimate of drug-likeness (QED) is 0.737. The Morgan fingerprint density at radius 3 is 1.87 bits per heavy atom. The van der Waals surface area contributed by atoms with Crippen LogP contribution in [0, 0.1) is 0 Å². The van der Waals surface area contributed by atoms with E-state index in [1.165, 1.54) is 0 Å². The van der Waals surface area contributed by atoms with E-state index < -0.39 is 0 Å². The second-order valence-electron chi connectivity index (χ2n) is 5.17. The lowest BCUT2D eigenvalue weighted by molar-refractivity contribution is -0.116. The molecular formula is C18H21N3O2. The smallest absolute Gasteiger partial charge is 0.323 e. The summed E-state index contributed by atoms with van der Waals surface area (Å²) in [5.41, 5.74) is 2.11. The molecule has 0 unspecified atom stereocenters. The molecule has 5 heteroatoms. The maximum atomic E-state index is 11.9. The van der Waals surface area contributed by atoms with Gasteiger partial charge in [-0.1, -0.05) is 31.5 Å². The van der Waals surface area contributed by atoms with Crippen molar-refractivity contribution in [1.29, 1.82) is 0 Å². The molecule has 2 aromatic rings. The van der Waals surface area contributed by atoms with Crippen LogP contribution >= 0.6 is 0 Å². The molecule has 0 radical (unpaired) electrons. The van der Waals surface area contributed by atoms with E-state index in [4.69, 9.17) is 0 Å². The largest absolute Gasteiger partial charge is 0.326 e. The Bertz CT molecular complexity index is 639. The van der Waals surface area contributed by atoms with Crippen molar-refractivity contribution in [2.24, 2.45) is 0 Å². The zero-order valence-electron chi connectivity index (χ0n) is 13.1. The molecule has 23 heavy (non-hydrogen) atoms. The van der Waals surface area contributed by atoms with Crippen LogP contribution in [-0.4, -0.2) is 11.9 Å². The van der Waals surface area contributed by atoms with Crippen LogP contribution < -0.4 is 16.0 Å². The van der Waals surface area contributed by atoms with Gasteiger partial charge in [-0.05, 0) is 42.8 Å². The average Bonchev–Trinajstić information content (AvgIpc) is 2.55. The van der Waals surface area contributed by atoms with E-state index >= 15 is 0 Å². The Kier molecular flexibility index (Phi) is 6.17. The molecule has 120 valence electrons. The number of rotatable bonds is 6. The number of hydrogen-bond donors (Lipinski definition) is 3. The van der Waals surface area contributed by atoms with Gasteiger partial charge in [-0.15, -0.1) is 0 Å². The summed E-state index contributed by atoms with van der Waals surface area (Å²) in [7, 11) is 0. The molecule has 3 N–H and O–H groups in total. The Labute approximate surface area is 136 Å². The number of benzene rings is 2. The Balaban J connectivity index is 1.84. The lowest BCUT2D eigenvalue weighted by Gasteiger charge is -2.09. The predicted octanol–water partition coefficient (Wildman–Crippen LogP) is 4.46. The van der Waals surface area contributed by atoms with E-state index in [1.54, 1.807) is 24.3 Å². The lowest BCUT2D eigenvalue weighted by atomic mass is 10.2. The van der Waals surface area contributed by atoms with Gasteiger partial charge in [0.25, 0.3) is 0 Å². The highest BCUT2D eigenvalue weighted by molar-refractivity contribution is 6.00. The van der Waals surface area contributed by atoms with Crippen molar-refractivity contribution in [3.63, 3.8) is 0 Å². The first kappa shape index (κ1) is 16.5. The first-order chi connectivity index (χ1) is 11.2. The molecule has 0 fully saturated rings. The van der Waals surface area contributed by atoms with Crippen molar-refractivity contribution < 1.29 is 9.59 Å². The molecule has 0 saturated carbocycles. The van der Waals surface area contributed by atoms with E-state index in [1.807, 2.05) is 37.3 Å². The Hall–Kier alpha value is -2.82. The number of amides is 3. The number of urea groups is 1. The molecule has 0 aliphatic carbocycles. The SMILES string of the molecule is CCCCC(=O)Nc1ccc(NC(=O)Nc2ccccc2)cc1. The highest BCUT2D eigenvalue weighted by Gasteiger charge is 2.04. The van der Waals surface area contributed by atoms with Crippen LogP contribution in [-0.2, 0) is 4.79 Å². The molecule has 0 aromatic heterocycles. The van der Waals surface area contributed by atoms with Gasteiger partial charge in [0.1, 0.15) is 0 Å². The summed E-state index contributed by atoms with van der Waals surface area (Å²) in [5, 5.41) is 8.31. The molecular weight excluding hydrogens is 290 g/mol. The summed E-state index contributed by atoms with van der Waals surface area (Å²) in [6, 6.07) is 15.9. The van der Waals surface area contributed by atoms with Gasteiger partial charge in [-0.25, -0.2) is 4.79 Å². The van der Waals surface area contributed by atoms with Gasteiger partial charge in [-0.3, -0.25) is 4.79 Å². The van der Waals surface area contributed by atoms with Gasteiger partial charge in [-0.2, -0.15) is 0 Å². The monoisotopic (exact) mass is 311 g/mol. The van der Waals surface area contributed by atoms with Crippen LogP contribution in [0.3, 0.4) is 0 Å². The number of nitrogens with one attached hydrogen (secondary N) is 3. The maximum absolute atomic E-state index is 11.9. The number of carbonyl (C=O) groups is 2. The van der Waals surface area contributed by atoms with Crippen molar-refractivity contribution in [3.8, 4) is 0 Å². The third-order valence-electron chi connectivity index (χ3n) is 3.22. The van der Waals surface area contributed by atoms with Crippen molar-refractivity contribution >= 4 is 29.0 Å². The first-order valence-electron chi connectivity index (χ1n) is 7.70. The summed E-state index contributed by atoms with van der Waals surface area (Å²) >= 11 is 0. The minimum absolute atomic E-state index is 0.00869. The standard InChI is InChI=1S/C18H21N3O2/c1-2-3-9-17(22)19-15-10-12-16(13-11-15)21-18(23)20-14-7-5-4-6-8-14/h4-8,10-13H,2-3,9H2,1H3,(H,19,22)(H2,20,21,23). The van der Waals surface area contributed by atoms with Gasteiger partial charge in [0.2, 0.25) is 5.91 Å². The van der Waals surface area contributed by atoms with E-state index in [0.717, 1.165) is 24.2 Å². The summed E-state index contributed by atoms with van der Waals surface area (Å²) < 4.78 is 0. The molecule has 5 nitrogen and oxygen atoms in total. The zero-order chi connectivity index (χ0) is 16.5. The second kappa shape index (κ2) is 8.58. The van der Waals surface area contributed by atoms with E-state index in [-0.39, 0.29) is 11.9 Å². The van der Waals surface area contributed by atoms with Gasteiger partial charge in [0.05, 0.1) is 0 Å². The van der Waals surface area contributed by atoms with Gasteiger partial charge in [0.15, 0.2) is 0 Å². The summed E-state index contributed by atoms with van der Waals surface area (Å²) in [5.74, 6) is 0.00869.